The van der Waals surface area contributed by atoms with E-state index in [0.29, 0.717) is 6.42 Å². The summed E-state index contributed by atoms with van der Waals surface area (Å²) in [7, 11) is 0. The third kappa shape index (κ3) is 17.7. The van der Waals surface area contributed by atoms with Gasteiger partial charge in [0.15, 0.2) is 0 Å². The summed E-state index contributed by atoms with van der Waals surface area (Å²) in [5, 5.41) is 0. The van der Waals surface area contributed by atoms with Gasteiger partial charge in [-0.25, -0.2) is 0 Å². The molecular weight excluding hydrogens is 323 g/mol. The quantitative estimate of drug-likeness (QED) is 0.144. The van der Waals surface area contributed by atoms with Gasteiger partial charge in [0.05, 0.1) is 0 Å². The van der Waals surface area contributed by atoms with E-state index >= 15 is 0 Å². The molecule has 0 unspecified atom stereocenters. The van der Waals surface area contributed by atoms with Crippen LogP contribution >= 0.6 is 0 Å². The van der Waals surface area contributed by atoms with Crippen LogP contribution in [0.15, 0.2) is 12.2 Å². The van der Waals surface area contributed by atoms with Gasteiger partial charge in [-0.15, -0.1) is 0 Å². The Morgan fingerprint density at radius 2 is 1.33 bits per heavy atom. The van der Waals surface area contributed by atoms with E-state index in [1.807, 2.05) is 0 Å². The Labute approximate surface area is 193 Å². The Morgan fingerprint density at radius 1 is 0.833 bits per heavy atom. The third-order valence-electron chi connectivity index (χ3n) is 4.47. The van der Waals surface area contributed by atoms with Crippen molar-refractivity contribution >= 4 is 57.4 Å². The molecule has 0 aromatic rings. The molecule has 0 spiro atoms. The van der Waals surface area contributed by atoms with Crippen molar-refractivity contribution in [1.29, 1.82) is 0 Å². The van der Waals surface area contributed by atoms with Crippen LogP contribution in [0.1, 0.15) is 110 Å². The Hall–Kier alpha value is 0.846. The third-order valence-corrected chi connectivity index (χ3v) is 4.47. The molecule has 0 bridgehead atoms. The van der Waals surface area contributed by atoms with Crippen LogP contribution in [0.3, 0.4) is 0 Å². The van der Waals surface area contributed by atoms with Gasteiger partial charge in [-0.2, -0.15) is 0 Å². The summed E-state index contributed by atoms with van der Waals surface area (Å²) < 4.78 is 5.23. The molecular formula is C21H39KO2. The van der Waals surface area contributed by atoms with E-state index in [2.05, 4.69) is 19.1 Å². The van der Waals surface area contributed by atoms with Gasteiger partial charge >= 0.3 is 57.4 Å². The molecule has 0 aromatic carbocycles. The number of esters is 1. The molecule has 24 heavy (non-hydrogen) atoms. The first-order valence-corrected chi connectivity index (χ1v) is 10.2. The topological polar surface area (TPSA) is 26.3 Å². The van der Waals surface area contributed by atoms with Crippen LogP contribution in [-0.2, 0) is 9.53 Å². The molecule has 1 rings (SSSR count). The van der Waals surface area contributed by atoms with Gasteiger partial charge in [-0.05, 0) is 44.9 Å². The second-order valence-electron chi connectivity index (χ2n) is 7.02. The van der Waals surface area contributed by atoms with Gasteiger partial charge in [0.2, 0.25) is 0 Å². The second-order valence-corrected chi connectivity index (χ2v) is 7.02. The zero-order chi connectivity index (χ0) is 16.6. The molecule has 0 atom stereocenters. The molecule has 0 radical (unpaired) electrons. The van der Waals surface area contributed by atoms with E-state index in [1.54, 1.807) is 0 Å². The molecule has 0 heterocycles. The van der Waals surface area contributed by atoms with Crippen LogP contribution in [0.5, 0.6) is 0 Å². The normalized spacial score (nSPS) is 13.9. The summed E-state index contributed by atoms with van der Waals surface area (Å²) in [6, 6.07) is 0. The molecule has 0 aromatic heterocycles. The van der Waals surface area contributed by atoms with Crippen molar-refractivity contribution in [2.75, 3.05) is 0 Å². The predicted octanol–water partition coefficient (Wildman–Crippen LogP) is 6.08. The fourth-order valence-electron chi connectivity index (χ4n) is 2.77. The van der Waals surface area contributed by atoms with Gasteiger partial charge < -0.3 is 4.74 Å². The molecule has 2 nitrogen and oxygen atoms in total. The van der Waals surface area contributed by atoms with Crippen molar-refractivity contribution in [2.24, 2.45) is 0 Å². The number of unbranched alkanes of at least 4 members (excludes halogenated alkanes) is 11. The molecule has 0 saturated heterocycles. The summed E-state index contributed by atoms with van der Waals surface area (Å²) in [5.74, 6) is 0.0186. The van der Waals surface area contributed by atoms with E-state index in [-0.39, 0.29) is 63.5 Å². The minimum absolute atomic E-state index is 0. The number of ether oxygens (including phenoxy) is 1. The van der Waals surface area contributed by atoms with Crippen molar-refractivity contribution in [2.45, 2.75) is 116 Å². The number of carbonyl (C=O) groups excluding carboxylic acids is 1. The van der Waals surface area contributed by atoms with E-state index in [1.165, 1.54) is 77.0 Å². The van der Waals surface area contributed by atoms with Crippen LogP contribution in [0.25, 0.3) is 0 Å². The zero-order valence-corrected chi connectivity index (χ0v) is 15.4. The fourth-order valence-corrected chi connectivity index (χ4v) is 2.77. The summed E-state index contributed by atoms with van der Waals surface area (Å²) in [4.78, 5) is 11.4. The molecule has 1 saturated carbocycles. The van der Waals surface area contributed by atoms with Crippen molar-refractivity contribution in [1.82, 2.24) is 0 Å². The second kappa shape index (κ2) is 18.6. The summed E-state index contributed by atoms with van der Waals surface area (Å²) in [5.41, 5.74) is 0. The van der Waals surface area contributed by atoms with Gasteiger partial charge in [-0.3, -0.25) is 4.79 Å². The number of hydrogen-bond donors (Lipinski definition) is 0. The number of carbonyl (C=O) groups is 1. The van der Waals surface area contributed by atoms with Crippen LogP contribution < -0.4 is 0 Å². The Kier molecular flexibility index (Phi) is 19.3. The van der Waals surface area contributed by atoms with Crippen LogP contribution in [0.4, 0.5) is 0 Å². The minimum atomic E-state index is 0. The van der Waals surface area contributed by atoms with Gasteiger partial charge in [-0.1, -0.05) is 70.4 Å². The first-order valence-electron chi connectivity index (χ1n) is 10.2. The zero-order valence-electron chi connectivity index (χ0n) is 15.4. The molecule has 1 aliphatic rings. The van der Waals surface area contributed by atoms with Crippen molar-refractivity contribution < 1.29 is 9.53 Å². The van der Waals surface area contributed by atoms with Crippen molar-refractivity contribution in [3.8, 4) is 0 Å². The molecule has 0 N–H and O–H groups in total. The van der Waals surface area contributed by atoms with E-state index in [9.17, 15) is 4.79 Å². The molecule has 0 amide bonds. The fraction of sp³-hybridized carbons (Fsp3) is 0.857. The Balaban J connectivity index is 0.00000529. The number of rotatable bonds is 16. The number of hydrogen-bond acceptors (Lipinski definition) is 2. The Morgan fingerprint density at radius 3 is 1.88 bits per heavy atom. The van der Waals surface area contributed by atoms with E-state index < -0.39 is 0 Å². The average molecular weight is 363 g/mol. The maximum absolute atomic E-state index is 11.4. The SMILES string of the molecule is CCCCCCCC/C=C\CCCCCCCC(=O)OC1CC1.[KH]. The van der Waals surface area contributed by atoms with Crippen molar-refractivity contribution in [3.05, 3.63) is 12.2 Å². The average Bonchev–Trinajstić information content (AvgIpc) is 3.35. The molecule has 0 aliphatic heterocycles. The number of allylic oxidation sites excluding steroid dienone is 2. The van der Waals surface area contributed by atoms with Crippen LogP contribution in [0.2, 0.25) is 0 Å². The maximum atomic E-state index is 11.4. The molecule has 136 valence electrons. The monoisotopic (exact) mass is 362 g/mol. The summed E-state index contributed by atoms with van der Waals surface area (Å²) in [6.45, 7) is 2.27. The molecule has 1 fully saturated rings. The standard InChI is InChI=1S/C21H38O2.K.H/c1-2-3-4-5-6-7-8-9-10-11-12-13-14-15-16-17-21(22)23-20-18-19-20;;/h9-10,20H,2-8,11-19H2,1H3;;/b10-9-;;. The summed E-state index contributed by atoms with van der Waals surface area (Å²) in [6.07, 6.45) is 24.6. The van der Waals surface area contributed by atoms with Crippen LogP contribution in [0, 0.1) is 0 Å². The van der Waals surface area contributed by atoms with E-state index in [0.717, 1.165) is 19.3 Å². The van der Waals surface area contributed by atoms with Crippen molar-refractivity contribution in [3.63, 3.8) is 0 Å². The first-order chi connectivity index (χ1) is 11.3. The predicted molar refractivity (Wildman–Crippen MR) is 106 cm³/mol. The van der Waals surface area contributed by atoms with E-state index in [4.69, 9.17) is 4.74 Å². The first kappa shape index (κ1) is 24.8. The van der Waals surface area contributed by atoms with Gasteiger partial charge in [0.1, 0.15) is 6.10 Å². The van der Waals surface area contributed by atoms with Gasteiger partial charge in [0.25, 0.3) is 0 Å². The van der Waals surface area contributed by atoms with Crippen LogP contribution in [-0.4, -0.2) is 63.5 Å². The molecule has 3 heteroatoms. The summed E-state index contributed by atoms with van der Waals surface area (Å²) >= 11 is 0. The Bertz CT molecular complexity index is 311. The molecule has 1 aliphatic carbocycles. The van der Waals surface area contributed by atoms with Gasteiger partial charge in [0, 0.05) is 6.42 Å².